The van der Waals surface area contributed by atoms with Crippen LogP contribution in [-0.4, -0.2) is 15.5 Å². The third-order valence-corrected chi connectivity index (χ3v) is 4.34. The van der Waals surface area contributed by atoms with E-state index in [9.17, 15) is 12.8 Å². The topological polar surface area (TPSA) is 81.4 Å². The van der Waals surface area contributed by atoms with E-state index in [1.165, 1.54) is 31.4 Å². The molecule has 0 unspecified atom stereocenters. The highest BCUT2D eigenvalue weighted by Crippen LogP contribution is 2.29. The first kappa shape index (κ1) is 15.4. The highest BCUT2D eigenvalue weighted by atomic mass is 35.5. The summed E-state index contributed by atoms with van der Waals surface area (Å²) in [5.41, 5.74) is 5.78. The molecule has 0 aliphatic rings. The molecule has 5 nitrogen and oxygen atoms in total. The standard InChI is InChI=1S/C13H12ClFN2O3S/c1-20-12-7-9(15)3-4-11(12)17-21(18,19)13-5-2-8(14)6-10(13)16/h2-7,17H,16H2,1H3. The van der Waals surface area contributed by atoms with E-state index in [1.54, 1.807) is 0 Å². The van der Waals surface area contributed by atoms with Gasteiger partial charge in [0.1, 0.15) is 16.5 Å². The van der Waals surface area contributed by atoms with Gasteiger partial charge in [-0.2, -0.15) is 0 Å². The van der Waals surface area contributed by atoms with E-state index in [0.717, 1.165) is 12.1 Å². The lowest BCUT2D eigenvalue weighted by Crippen LogP contribution is -2.15. The average molecular weight is 331 g/mol. The highest BCUT2D eigenvalue weighted by molar-refractivity contribution is 7.92. The number of methoxy groups -OCH3 is 1. The van der Waals surface area contributed by atoms with Crippen LogP contribution in [0, 0.1) is 5.82 Å². The number of nitrogens with two attached hydrogens (primary N) is 1. The summed E-state index contributed by atoms with van der Waals surface area (Å²) in [7, 11) is -2.63. The number of ether oxygens (including phenoxy) is 1. The van der Waals surface area contributed by atoms with Crippen molar-refractivity contribution in [2.75, 3.05) is 17.6 Å². The van der Waals surface area contributed by atoms with E-state index in [1.807, 2.05) is 0 Å². The van der Waals surface area contributed by atoms with E-state index in [0.29, 0.717) is 5.02 Å². The lowest BCUT2D eigenvalue weighted by Gasteiger charge is -2.13. The van der Waals surface area contributed by atoms with E-state index in [4.69, 9.17) is 22.1 Å². The van der Waals surface area contributed by atoms with E-state index >= 15 is 0 Å². The molecule has 0 atom stereocenters. The molecule has 21 heavy (non-hydrogen) atoms. The van der Waals surface area contributed by atoms with Gasteiger partial charge in [0.15, 0.2) is 0 Å². The van der Waals surface area contributed by atoms with Gasteiger partial charge < -0.3 is 10.5 Å². The molecule has 8 heteroatoms. The van der Waals surface area contributed by atoms with Crippen LogP contribution < -0.4 is 15.2 Å². The molecule has 0 aliphatic heterocycles. The van der Waals surface area contributed by atoms with Crippen LogP contribution in [0.5, 0.6) is 5.75 Å². The fourth-order valence-electron chi connectivity index (χ4n) is 1.71. The van der Waals surface area contributed by atoms with Crippen LogP contribution in [0.3, 0.4) is 0 Å². The Morgan fingerprint density at radius 3 is 2.57 bits per heavy atom. The summed E-state index contributed by atoms with van der Waals surface area (Å²) in [5, 5.41) is 0.325. The van der Waals surface area contributed by atoms with Gasteiger partial charge in [-0.1, -0.05) is 11.6 Å². The molecule has 2 aromatic carbocycles. The maximum absolute atomic E-state index is 13.1. The molecule has 3 N–H and O–H groups in total. The zero-order chi connectivity index (χ0) is 15.6. The highest BCUT2D eigenvalue weighted by Gasteiger charge is 2.19. The van der Waals surface area contributed by atoms with E-state index in [2.05, 4.69) is 4.72 Å². The lowest BCUT2D eigenvalue weighted by atomic mass is 10.3. The zero-order valence-electron chi connectivity index (χ0n) is 10.9. The van der Waals surface area contributed by atoms with Crippen molar-refractivity contribution in [2.24, 2.45) is 0 Å². The molecule has 0 heterocycles. The first-order chi connectivity index (χ1) is 9.83. The summed E-state index contributed by atoms with van der Waals surface area (Å²) in [6, 6.07) is 7.48. The third-order valence-electron chi connectivity index (χ3n) is 2.67. The maximum Gasteiger partial charge on any atom is 0.264 e. The van der Waals surface area contributed by atoms with Gasteiger partial charge in [-0.15, -0.1) is 0 Å². The second-order valence-electron chi connectivity index (χ2n) is 4.13. The number of hydrogen-bond acceptors (Lipinski definition) is 4. The minimum atomic E-state index is -3.94. The van der Waals surface area contributed by atoms with Gasteiger partial charge in [0, 0.05) is 11.1 Å². The minimum Gasteiger partial charge on any atom is -0.494 e. The molecule has 112 valence electrons. The number of anilines is 2. The number of halogens is 2. The van der Waals surface area contributed by atoms with Crippen LogP contribution in [0.4, 0.5) is 15.8 Å². The Bertz CT molecular complexity index is 781. The van der Waals surface area contributed by atoms with Crippen molar-refractivity contribution >= 4 is 33.0 Å². The smallest absolute Gasteiger partial charge is 0.264 e. The van der Waals surface area contributed by atoms with Crippen molar-refractivity contribution in [1.29, 1.82) is 0 Å². The summed E-state index contributed by atoms with van der Waals surface area (Å²) in [6.45, 7) is 0. The van der Waals surface area contributed by atoms with Gasteiger partial charge >= 0.3 is 0 Å². The summed E-state index contributed by atoms with van der Waals surface area (Å²) in [5.74, 6) is -0.480. The first-order valence-corrected chi connectivity index (χ1v) is 7.61. The number of nitrogens with one attached hydrogen (secondary N) is 1. The summed E-state index contributed by atoms with van der Waals surface area (Å²) >= 11 is 5.74. The minimum absolute atomic E-state index is 0.0103. The predicted molar refractivity (Wildman–Crippen MR) is 79.6 cm³/mol. The van der Waals surface area contributed by atoms with Crippen LogP contribution in [-0.2, 0) is 10.0 Å². The third kappa shape index (κ3) is 3.37. The summed E-state index contributed by atoms with van der Waals surface area (Å²) < 4.78 is 45.0. The fraction of sp³-hybridized carbons (Fsp3) is 0.0769. The van der Waals surface area contributed by atoms with Crippen molar-refractivity contribution < 1.29 is 17.5 Å². The first-order valence-electron chi connectivity index (χ1n) is 5.75. The van der Waals surface area contributed by atoms with Crippen molar-refractivity contribution in [3.05, 3.63) is 47.2 Å². The Morgan fingerprint density at radius 2 is 1.95 bits per heavy atom. The predicted octanol–water partition coefficient (Wildman–Crippen LogP) is 2.87. The normalized spacial score (nSPS) is 11.2. The number of hydrogen-bond donors (Lipinski definition) is 2. The van der Waals surface area contributed by atoms with Gasteiger partial charge in [-0.25, -0.2) is 12.8 Å². The van der Waals surface area contributed by atoms with Crippen molar-refractivity contribution in [3.8, 4) is 5.75 Å². The number of nitrogen functional groups attached to an aromatic ring is 1. The molecule has 2 rings (SSSR count). The lowest BCUT2D eigenvalue weighted by molar-refractivity contribution is 0.413. The van der Waals surface area contributed by atoms with E-state index < -0.39 is 15.8 Å². The van der Waals surface area contributed by atoms with Gasteiger partial charge in [-0.05, 0) is 30.3 Å². The van der Waals surface area contributed by atoms with Crippen LogP contribution in [0.1, 0.15) is 0 Å². The van der Waals surface area contributed by atoms with Crippen LogP contribution in [0.15, 0.2) is 41.3 Å². The molecule has 0 bridgehead atoms. The largest absolute Gasteiger partial charge is 0.494 e. The molecule has 0 amide bonds. The fourth-order valence-corrected chi connectivity index (χ4v) is 3.08. The van der Waals surface area contributed by atoms with Gasteiger partial charge in [0.2, 0.25) is 0 Å². The zero-order valence-corrected chi connectivity index (χ0v) is 12.5. The summed E-state index contributed by atoms with van der Waals surface area (Å²) in [4.78, 5) is -0.127. The van der Waals surface area contributed by atoms with Crippen LogP contribution >= 0.6 is 11.6 Å². The average Bonchev–Trinajstić information content (AvgIpc) is 2.40. The molecular weight excluding hydrogens is 319 g/mol. The quantitative estimate of drug-likeness (QED) is 0.845. The molecule has 0 fully saturated rings. The van der Waals surface area contributed by atoms with Gasteiger partial charge in [0.25, 0.3) is 10.0 Å². The Kier molecular flexibility index (Phi) is 4.24. The molecule has 0 aromatic heterocycles. The molecular formula is C13H12ClFN2O3S. The molecule has 0 spiro atoms. The molecule has 2 aromatic rings. The SMILES string of the molecule is COc1cc(F)ccc1NS(=O)(=O)c1ccc(Cl)cc1N. The Labute approximate surface area is 126 Å². The van der Waals surface area contributed by atoms with Crippen molar-refractivity contribution in [3.63, 3.8) is 0 Å². The number of benzene rings is 2. The van der Waals surface area contributed by atoms with Crippen molar-refractivity contribution in [1.82, 2.24) is 0 Å². The summed E-state index contributed by atoms with van der Waals surface area (Å²) in [6.07, 6.45) is 0. The Hall–Kier alpha value is -1.99. The van der Waals surface area contributed by atoms with Crippen LogP contribution in [0.2, 0.25) is 5.02 Å². The molecule has 0 radical (unpaired) electrons. The number of sulfonamides is 1. The Balaban J connectivity index is 2.42. The second-order valence-corrected chi connectivity index (χ2v) is 6.22. The maximum atomic E-state index is 13.1. The molecule has 0 aliphatic carbocycles. The van der Waals surface area contributed by atoms with Gasteiger partial charge in [0.05, 0.1) is 18.5 Å². The van der Waals surface area contributed by atoms with Gasteiger partial charge in [-0.3, -0.25) is 4.72 Å². The molecule has 0 saturated carbocycles. The van der Waals surface area contributed by atoms with Crippen molar-refractivity contribution in [2.45, 2.75) is 4.90 Å². The molecule has 0 saturated heterocycles. The van der Waals surface area contributed by atoms with Crippen LogP contribution in [0.25, 0.3) is 0 Å². The Morgan fingerprint density at radius 1 is 1.24 bits per heavy atom. The van der Waals surface area contributed by atoms with E-state index in [-0.39, 0.29) is 22.0 Å². The monoisotopic (exact) mass is 330 g/mol. The number of rotatable bonds is 4. The second kappa shape index (κ2) is 5.79.